The largest absolute Gasteiger partial charge is 0.357 e. The fourth-order valence-electron chi connectivity index (χ4n) is 4.95. The Morgan fingerprint density at radius 3 is 2.70 bits per heavy atom. The third-order valence-electron chi connectivity index (χ3n) is 6.67. The SMILES string of the molecule is CCNC(=NCC1CC(=O)N(CCc2ccccc2)C1)NCC1CCCc2ccccc21.I. The molecule has 5 nitrogen and oxygen atoms in total. The average Bonchev–Trinajstić information content (AvgIpc) is 3.19. The van der Waals surface area contributed by atoms with Gasteiger partial charge in [0.15, 0.2) is 5.96 Å². The summed E-state index contributed by atoms with van der Waals surface area (Å²) in [6.07, 6.45) is 5.18. The molecule has 2 atom stereocenters. The van der Waals surface area contributed by atoms with E-state index in [9.17, 15) is 4.79 Å². The highest BCUT2D eigenvalue weighted by Crippen LogP contribution is 2.30. The summed E-state index contributed by atoms with van der Waals surface area (Å²) >= 11 is 0. The molecule has 1 saturated heterocycles. The maximum atomic E-state index is 12.5. The molecule has 2 unspecified atom stereocenters. The van der Waals surface area contributed by atoms with Crippen molar-refractivity contribution in [2.24, 2.45) is 10.9 Å². The fraction of sp³-hybridized carbons (Fsp3) is 0.481. The zero-order valence-electron chi connectivity index (χ0n) is 19.6. The monoisotopic (exact) mass is 560 g/mol. The number of nitrogens with one attached hydrogen (secondary N) is 2. The summed E-state index contributed by atoms with van der Waals surface area (Å²) in [7, 11) is 0. The van der Waals surface area contributed by atoms with Crippen LogP contribution in [0.1, 0.15) is 48.8 Å². The lowest BCUT2D eigenvalue weighted by atomic mass is 9.83. The van der Waals surface area contributed by atoms with Crippen LogP contribution in [0, 0.1) is 5.92 Å². The minimum atomic E-state index is 0. The Bertz CT molecular complexity index is 917. The summed E-state index contributed by atoms with van der Waals surface area (Å²) in [4.78, 5) is 19.3. The van der Waals surface area contributed by atoms with Crippen molar-refractivity contribution in [3.8, 4) is 0 Å². The Kier molecular flexibility index (Phi) is 10.0. The second kappa shape index (κ2) is 13.0. The highest BCUT2D eigenvalue weighted by Gasteiger charge is 2.29. The summed E-state index contributed by atoms with van der Waals surface area (Å²) in [5, 5.41) is 6.94. The number of fused-ring (bicyclic) bond motifs is 1. The number of guanidine groups is 1. The molecule has 1 heterocycles. The van der Waals surface area contributed by atoms with Crippen molar-refractivity contribution >= 4 is 35.8 Å². The van der Waals surface area contributed by atoms with Gasteiger partial charge in [-0.3, -0.25) is 9.79 Å². The van der Waals surface area contributed by atoms with E-state index in [1.54, 1.807) is 0 Å². The van der Waals surface area contributed by atoms with Crippen molar-refractivity contribution in [1.29, 1.82) is 0 Å². The van der Waals surface area contributed by atoms with Gasteiger partial charge < -0.3 is 15.5 Å². The molecule has 178 valence electrons. The van der Waals surface area contributed by atoms with Gasteiger partial charge >= 0.3 is 0 Å². The molecular formula is C27H37IN4O. The number of rotatable bonds is 8. The van der Waals surface area contributed by atoms with Crippen molar-refractivity contribution in [1.82, 2.24) is 15.5 Å². The van der Waals surface area contributed by atoms with E-state index in [1.165, 1.54) is 36.0 Å². The second-order valence-corrected chi connectivity index (χ2v) is 9.03. The predicted octanol–water partition coefficient (Wildman–Crippen LogP) is 4.37. The highest BCUT2D eigenvalue weighted by atomic mass is 127. The minimum absolute atomic E-state index is 0. The minimum Gasteiger partial charge on any atom is -0.357 e. The number of aryl methyl sites for hydroxylation is 1. The molecule has 2 aliphatic rings. The molecule has 1 amide bonds. The number of hydrogen-bond donors (Lipinski definition) is 2. The first-order chi connectivity index (χ1) is 15.7. The molecule has 1 aliphatic heterocycles. The lowest BCUT2D eigenvalue weighted by Crippen LogP contribution is -2.40. The van der Waals surface area contributed by atoms with Gasteiger partial charge in [0.1, 0.15) is 0 Å². The smallest absolute Gasteiger partial charge is 0.223 e. The van der Waals surface area contributed by atoms with Crippen molar-refractivity contribution < 1.29 is 4.79 Å². The molecule has 33 heavy (non-hydrogen) atoms. The number of aliphatic imine (C=N–C) groups is 1. The van der Waals surface area contributed by atoms with Crippen LogP contribution in [-0.4, -0.2) is 49.5 Å². The van der Waals surface area contributed by atoms with Crippen LogP contribution in [0.25, 0.3) is 0 Å². The van der Waals surface area contributed by atoms with Gasteiger partial charge in [0.05, 0.1) is 0 Å². The maximum Gasteiger partial charge on any atom is 0.223 e. The first kappa shape index (κ1) is 25.5. The van der Waals surface area contributed by atoms with E-state index >= 15 is 0 Å². The molecule has 0 spiro atoms. The molecular weight excluding hydrogens is 523 g/mol. The number of carbonyl (C=O) groups excluding carboxylic acids is 1. The van der Waals surface area contributed by atoms with Gasteiger partial charge in [0.25, 0.3) is 0 Å². The molecule has 2 aromatic carbocycles. The van der Waals surface area contributed by atoms with Crippen LogP contribution in [0.2, 0.25) is 0 Å². The molecule has 2 aromatic rings. The van der Waals surface area contributed by atoms with Crippen molar-refractivity contribution in [2.75, 3.05) is 32.7 Å². The van der Waals surface area contributed by atoms with Crippen LogP contribution < -0.4 is 10.6 Å². The molecule has 1 fully saturated rings. The van der Waals surface area contributed by atoms with Crippen molar-refractivity contribution in [2.45, 2.75) is 44.9 Å². The molecule has 0 bridgehead atoms. The quantitative estimate of drug-likeness (QED) is 0.287. The van der Waals surface area contributed by atoms with Crippen LogP contribution in [-0.2, 0) is 17.6 Å². The van der Waals surface area contributed by atoms with Gasteiger partial charge in [0, 0.05) is 51.0 Å². The summed E-state index contributed by atoms with van der Waals surface area (Å²) in [6.45, 7) is 6.12. The molecule has 6 heteroatoms. The van der Waals surface area contributed by atoms with E-state index in [4.69, 9.17) is 4.99 Å². The van der Waals surface area contributed by atoms with E-state index in [-0.39, 0.29) is 29.9 Å². The van der Waals surface area contributed by atoms with E-state index < -0.39 is 0 Å². The number of hydrogen-bond acceptors (Lipinski definition) is 2. The third kappa shape index (κ3) is 7.19. The number of benzene rings is 2. The first-order valence-electron chi connectivity index (χ1n) is 12.1. The van der Waals surface area contributed by atoms with Gasteiger partial charge in [-0.1, -0.05) is 54.6 Å². The van der Waals surface area contributed by atoms with Gasteiger partial charge in [-0.2, -0.15) is 0 Å². The predicted molar refractivity (Wildman–Crippen MR) is 146 cm³/mol. The molecule has 0 saturated carbocycles. The molecule has 2 N–H and O–H groups in total. The van der Waals surface area contributed by atoms with Crippen molar-refractivity contribution in [3.63, 3.8) is 0 Å². The number of likely N-dealkylation sites (tertiary alicyclic amines) is 1. The topological polar surface area (TPSA) is 56.7 Å². The molecule has 0 aromatic heterocycles. The Morgan fingerprint density at radius 2 is 1.88 bits per heavy atom. The Labute approximate surface area is 215 Å². The normalized spacial score (nSPS) is 20.2. The Hall–Kier alpha value is -2.09. The van der Waals surface area contributed by atoms with E-state index in [2.05, 4.69) is 66.1 Å². The average molecular weight is 561 g/mol. The van der Waals surface area contributed by atoms with Gasteiger partial charge in [-0.25, -0.2) is 0 Å². The number of amides is 1. The van der Waals surface area contributed by atoms with Gasteiger partial charge in [-0.15, -0.1) is 24.0 Å². The summed E-state index contributed by atoms with van der Waals surface area (Å²) < 4.78 is 0. The lowest BCUT2D eigenvalue weighted by molar-refractivity contribution is -0.127. The second-order valence-electron chi connectivity index (χ2n) is 9.03. The van der Waals surface area contributed by atoms with Crippen LogP contribution >= 0.6 is 24.0 Å². The Balaban J connectivity index is 0.00000306. The summed E-state index contributed by atoms with van der Waals surface area (Å²) in [5.41, 5.74) is 4.26. The lowest BCUT2D eigenvalue weighted by Gasteiger charge is -2.26. The highest BCUT2D eigenvalue weighted by molar-refractivity contribution is 14.0. The van der Waals surface area contributed by atoms with Gasteiger partial charge in [-0.05, 0) is 49.3 Å². The molecule has 0 radical (unpaired) electrons. The third-order valence-corrected chi connectivity index (χ3v) is 6.67. The molecule has 1 aliphatic carbocycles. The standard InChI is InChI=1S/C27H36N4O.HI/c1-2-28-27(30-19-24-13-8-12-23-11-6-7-14-25(23)24)29-18-22-17-26(32)31(20-22)16-15-21-9-4-3-5-10-21;/h3-7,9-11,14,22,24H,2,8,12-13,15-20H2,1H3,(H2,28,29,30);1H. The van der Waals surface area contributed by atoms with Gasteiger partial charge in [0.2, 0.25) is 5.91 Å². The first-order valence-corrected chi connectivity index (χ1v) is 12.1. The molecule has 4 rings (SSSR count). The van der Waals surface area contributed by atoms with Crippen LogP contribution in [0.15, 0.2) is 59.6 Å². The van der Waals surface area contributed by atoms with E-state index in [1.807, 2.05) is 11.0 Å². The van der Waals surface area contributed by atoms with Crippen molar-refractivity contribution in [3.05, 3.63) is 71.3 Å². The van der Waals surface area contributed by atoms with E-state index in [0.717, 1.165) is 38.6 Å². The van der Waals surface area contributed by atoms with Crippen LogP contribution in [0.4, 0.5) is 0 Å². The van der Waals surface area contributed by atoms with Crippen LogP contribution in [0.5, 0.6) is 0 Å². The Morgan fingerprint density at radius 1 is 1.09 bits per heavy atom. The summed E-state index contributed by atoms with van der Waals surface area (Å²) in [6, 6.07) is 19.2. The maximum absolute atomic E-state index is 12.5. The number of halogens is 1. The fourth-order valence-corrected chi connectivity index (χ4v) is 4.95. The zero-order chi connectivity index (χ0) is 22.2. The number of carbonyl (C=O) groups is 1. The zero-order valence-corrected chi connectivity index (χ0v) is 22.0. The summed E-state index contributed by atoms with van der Waals surface area (Å²) in [5.74, 6) is 1.96. The van der Waals surface area contributed by atoms with E-state index in [0.29, 0.717) is 24.8 Å². The van der Waals surface area contributed by atoms with Crippen LogP contribution in [0.3, 0.4) is 0 Å². The number of nitrogens with zero attached hydrogens (tertiary/aromatic N) is 2.